The molecule has 1 N–H and O–H groups in total. The summed E-state index contributed by atoms with van der Waals surface area (Å²) in [5, 5.41) is 2.87. The van der Waals surface area contributed by atoms with Gasteiger partial charge in [0.05, 0.1) is 25.7 Å². The second-order valence-corrected chi connectivity index (χ2v) is 9.38. The van der Waals surface area contributed by atoms with Crippen molar-refractivity contribution in [2.75, 3.05) is 38.4 Å². The Labute approximate surface area is 190 Å². The zero-order valence-electron chi connectivity index (χ0n) is 17.5. The number of carbonyl (C=O) groups is 1. The maximum atomic E-state index is 12.5. The molecule has 1 saturated heterocycles. The average molecular weight is 460 g/mol. The van der Waals surface area contributed by atoms with E-state index in [2.05, 4.69) is 10.2 Å². The summed E-state index contributed by atoms with van der Waals surface area (Å²) in [5.74, 6) is 1.95. The minimum Gasteiger partial charge on any atom is -0.497 e. The van der Waals surface area contributed by atoms with Gasteiger partial charge in [-0.1, -0.05) is 30.0 Å². The van der Waals surface area contributed by atoms with E-state index in [0.717, 1.165) is 36.1 Å². The van der Waals surface area contributed by atoms with Gasteiger partial charge >= 0.3 is 0 Å². The molecule has 1 amide bonds. The molecule has 1 aromatic heterocycles. The number of piperidine rings is 1. The molecular formula is C22H25N3O4S2. The van der Waals surface area contributed by atoms with E-state index >= 15 is 0 Å². The molecule has 0 unspecified atom stereocenters. The highest BCUT2D eigenvalue weighted by atomic mass is 32.2. The van der Waals surface area contributed by atoms with Crippen molar-refractivity contribution in [1.82, 2.24) is 9.47 Å². The van der Waals surface area contributed by atoms with Crippen molar-refractivity contribution in [3.8, 4) is 11.5 Å². The van der Waals surface area contributed by atoms with E-state index in [0.29, 0.717) is 23.1 Å². The number of ether oxygens (including phenoxy) is 2. The second kappa shape index (κ2) is 9.32. The van der Waals surface area contributed by atoms with Crippen molar-refractivity contribution < 1.29 is 14.3 Å². The van der Waals surface area contributed by atoms with E-state index in [1.807, 2.05) is 16.7 Å². The number of pyridine rings is 1. The van der Waals surface area contributed by atoms with Gasteiger partial charge in [0.1, 0.15) is 15.8 Å². The first-order valence-electron chi connectivity index (χ1n) is 10.1. The molecule has 0 aliphatic carbocycles. The summed E-state index contributed by atoms with van der Waals surface area (Å²) in [7, 11) is 3.13. The Morgan fingerprint density at radius 1 is 1.19 bits per heavy atom. The smallest absolute Gasteiger partial charge is 0.250 e. The maximum Gasteiger partial charge on any atom is 0.250 e. The molecule has 31 heavy (non-hydrogen) atoms. The lowest BCUT2D eigenvalue weighted by Gasteiger charge is -2.43. The van der Waals surface area contributed by atoms with Crippen molar-refractivity contribution in [2.45, 2.75) is 18.9 Å². The Balaban J connectivity index is 1.35. The molecule has 164 valence electrons. The van der Waals surface area contributed by atoms with Gasteiger partial charge in [-0.2, -0.15) is 0 Å². The maximum absolute atomic E-state index is 12.5. The SMILES string of the molecule is COc1ccc(NC(=O)CSC(=S)N2C[C@H]3C[C@@H](C2)c2cccc(=O)n2C3)c(OC)c1. The molecule has 2 aliphatic heterocycles. The third kappa shape index (κ3) is 4.72. The van der Waals surface area contributed by atoms with E-state index in [9.17, 15) is 9.59 Å². The van der Waals surface area contributed by atoms with Crippen LogP contribution in [0.1, 0.15) is 18.0 Å². The number of nitrogens with zero attached hydrogens (tertiary/aromatic N) is 2. The van der Waals surface area contributed by atoms with Gasteiger partial charge < -0.3 is 24.3 Å². The Morgan fingerprint density at radius 3 is 2.81 bits per heavy atom. The number of nitrogens with one attached hydrogen (secondary N) is 1. The molecule has 7 nitrogen and oxygen atoms in total. The highest BCUT2D eigenvalue weighted by Gasteiger charge is 2.35. The van der Waals surface area contributed by atoms with Gasteiger partial charge in [-0.3, -0.25) is 9.59 Å². The number of hydrogen-bond donors (Lipinski definition) is 1. The molecule has 2 aromatic rings. The topological polar surface area (TPSA) is 72.8 Å². The Kier molecular flexibility index (Phi) is 6.52. The van der Waals surface area contributed by atoms with Gasteiger partial charge in [0.15, 0.2) is 0 Å². The number of likely N-dealkylation sites (tertiary alicyclic amines) is 1. The number of benzene rings is 1. The van der Waals surface area contributed by atoms with Crippen LogP contribution >= 0.6 is 24.0 Å². The Bertz CT molecular complexity index is 1060. The van der Waals surface area contributed by atoms with Crippen LogP contribution in [0, 0.1) is 5.92 Å². The quantitative estimate of drug-likeness (QED) is 0.689. The summed E-state index contributed by atoms with van der Waals surface area (Å²) in [6, 6.07) is 10.7. The summed E-state index contributed by atoms with van der Waals surface area (Å²) < 4.78 is 13.1. The zero-order valence-corrected chi connectivity index (χ0v) is 19.1. The molecule has 9 heteroatoms. The van der Waals surface area contributed by atoms with E-state index in [4.69, 9.17) is 21.7 Å². The fourth-order valence-corrected chi connectivity index (χ4v) is 5.34. The molecule has 2 aliphatic rings. The highest BCUT2D eigenvalue weighted by molar-refractivity contribution is 8.23. The van der Waals surface area contributed by atoms with Gasteiger partial charge in [0.25, 0.3) is 5.56 Å². The number of rotatable bonds is 5. The molecule has 2 atom stereocenters. The predicted molar refractivity (Wildman–Crippen MR) is 126 cm³/mol. The van der Waals surface area contributed by atoms with Gasteiger partial charge in [0, 0.05) is 43.4 Å². The number of aromatic nitrogens is 1. The van der Waals surface area contributed by atoms with Crippen LogP contribution in [-0.4, -0.2) is 52.8 Å². The second-order valence-electron chi connectivity index (χ2n) is 7.77. The zero-order chi connectivity index (χ0) is 22.0. The number of thiocarbonyl (C=S) groups is 1. The fourth-order valence-electron chi connectivity index (χ4n) is 4.35. The molecule has 1 fully saturated rings. The van der Waals surface area contributed by atoms with Crippen LogP contribution in [0.5, 0.6) is 11.5 Å². The molecule has 0 saturated carbocycles. The average Bonchev–Trinajstić information content (AvgIpc) is 2.78. The van der Waals surface area contributed by atoms with E-state index in [1.54, 1.807) is 38.5 Å². The summed E-state index contributed by atoms with van der Waals surface area (Å²) in [5.41, 5.74) is 1.75. The van der Waals surface area contributed by atoms with E-state index in [1.165, 1.54) is 11.8 Å². The minimum atomic E-state index is -0.148. The fraction of sp³-hybridized carbons (Fsp3) is 0.409. The van der Waals surface area contributed by atoms with Crippen LogP contribution in [0.2, 0.25) is 0 Å². The standard InChI is InChI=1S/C22H25N3O4S2/c1-28-16-6-7-17(19(9-16)29-2)23-20(26)13-31-22(30)24-10-14-8-15(12-24)18-4-3-5-21(27)25(18)11-14/h3-7,9,14-15H,8,10-13H2,1-2H3,(H,23,26)/t14-,15+/m1/s1. The van der Waals surface area contributed by atoms with Crippen LogP contribution in [0.25, 0.3) is 0 Å². The number of fused-ring (bicyclic) bond motifs is 4. The summed E-state index contributed by atoms with van der Waals surface area (Å²) >= 11 is 7.01. The van der Waals surface area contributed by atoms with Crippen molar-refractivity contribution >= 4 is 39.9 Å². The molecule has 4 rings (SSSR count). The van der Waals surface area contributed by atoms with Crippen LogP contribution in [-0.2, 0) is 11.3 Å². The molecule has 0 spiro atoms. The lowest BCUT2D eigenvalue weighted by molar-refractivity contribution is -0.113. The number of thioether (sulfide) groups is 1. The van der Waals surface area contributed by atoms with Crippen LogP contribution in [0.15, 0.2) is 41.2 Å². The van der Waals surface area contributed by atoms with Crippen molar-refractivity contribution in [3.05, 3.63) is 52.4 Å². The number of amides is 1. The first-order valence-corrected chi connectivity index (χ1v) is 11.5. The monoisotopic (exact) mass is 459 g/mol. The van der Waals surface area contributed by atoms with Crippen molar-refractivity contribution in [1.29, 1.82) is 0 Å². The number of hydrogen-bond acceptors (Lipinski definition) is 6. The number of methoxy groups -OCH3 is 2. The third-order valence-corrected chi connectivity index (χ3v) is 7.27. The lowest BCUT2D eigenvalue weighted by atomic mass is 9.83. The first kappa shape index (κ1) is 21.7. The Morgan fingerprint density at radius 2 is 2.03 bits per heavy atom. The van der Waals surface area contributed by atoms with E-state index < -0.39 is 0 Å². The van der Waals surface area contributed by atoms with E-state index in [-0.39, 0.29) is 23.1 Å². The molecule has 3 heterocycles. The van der Waals surface area contributed by atoms with Crippen molar-refractivity contribution in [3.63, 3.8) is 0 Å². The number of anilines is 1. The number of carbonyl (C=O) groups excluding carboxylic acids is 1. The molecule has 2 bridgehead atoms. The Hall–Kier alpha value is -2.52. The van der Waals surface area contributed by atoms with Crippen molar-refractivity contribution in [2.24, 2.45) is 5.92 Å². The molecule has 1 aromatic carbocycles. The third-order valence-electron chi connectivity index (χ3n) is 5.75. The molecular weight excluding hydrogens is 434 g/mol. The summed E-state index contributed by atoms with van der Waals surface area (Å²) in [4.78, 5) is 26.8. The normalized spacial score (nSPS) is 19.4. The van der Waals surface area contributed by atoms with Crippen LogP contribution < -0.4 is 20.3 Å². The molecule has 0 radical (unpaired) electrons. The van der Waals surface area contributed by atoms with Gasteiger partial charge in [-0.25, -0.2) is 0 Å². The largest absolute Gasteiger partial charge is 0.497 e. The highest BCUT2D eigenvalue weighted by Crippen LogP contribution is 2.36. The minimum absolute atomic E-state index is 0.0724. The first-order chi connectivity index (χ1) is 15.0. The van der Waals surface area contributed by atoms with Gasteiger partial charge in [-0.15, -0.1) is 0 Å². The van der Waals surface area contributed by atoms with Crippen LogP contribution in [0.4, 0.5) is 5.69 Å². The van der Waals surface area contributed by atoms with Gasteiger partial charge in [-0.05, 0) is 30.5 Å². The summed E-state index contributed by atoms with van der Waals surface area (Å²) in [6.07, 6.45) is 1.07. The van der Waals surface area contributed by atoms with Crippen LogP contribution in [0.3, 0.4) is 0 Å². The van der Waals surface area contributed by atoms with Gasteiger partial charge in [0.2, 0.25) is 5.91 Å². The summed E-state index contributed by atoms with van der Waals surface area (Å²) in [6.45, 7) is 2.32. The predicted octanol–water partition coefficient (Wildman–Crippen LogP) is 2.94. The lowest BCUT2D eigenvalue weighted by Crippen LogP contribution is -2.48.